The Morgan fingerprint density at radius 2 is 1.76 bits per heavy atom. The van der Waals surface area contributed by atoms with Crippen LogP contribution in [0.15, 0.2) is 24.5 Å². The summed E-state index contributed by atoms with van der Waals surface area (Å²) in [6.07, 6.45) is 6.62. The van der Waals surface area contributed by atoms with Crippen molar-refractivity contribution in [3.8, 4) is 17.0 Å². The molecule has 0 unspecified atom stereocenters. The topological polar surface area (TPSA) is 84.8 Å². The number of anilines is 1. The maximum atomic E-state index is 12.5. The predicted octanol–water partition coefficient (Wildman–Crippen LogP) is 6.83. The lowest BCUT2D eigenvalue weighted by molar-refractivity contribution is -0.160. The second kappa shape index (κ2) is 11.8. The van der Waals surface area contributed by atoms with E-state index in [0.29, 0.717) is 23.8 Å². The summed E-state index contributed by atoms with van der Waals surface area (Å²) in [5.74, 6) is 0.236. The minimum atomic E-state index is -1.14. The van der Waals surface area contributed by atoms with Gasteiger partial charge in [-0.15, -0.1) is 0 Å². The molecule has 1 aliphatic rings. The number of carboxylic acid groups (broad SMARTS) is 1. The fourth-order valence-electron chi connectivity index (χ4n) is 4.74. The molecule has 7 heteroatoms. The fraction of sp³-hybridized carbons (Fsp3) is 0.633. The quantitative estimate of drug-likeness (QED) is 0.374. The number of hydrogen-bond acceptors (Lipinski definition) is 6. The molecule has 7 nitrogen and oxygen atoms in total. The van der Waals surface area contributed by atoms with Crippen molar-refractivity contribution in [2.75, 3.05) is 24.6 Å². The Morgan fingerprint density at radius 1 is 1.11 bits per heavy atom. The standard InChI is InChI=1S/C30H45N3O4/c1-9-21(10-2)19-36-22-11-12-24(32-17-22)23-18-31-20(3)25(27(28(34)35)37-29(4,5)6)26(23)33-15-13-30(7,8)14-16-33/h11-12,17-18,21,27H,9-10,13-16,19H2,1-8H3,(H,34,35)/t27-/m0/s1. The Balaban J connectivity index is 2.08. The van der Waals surface area contributed by atoms with Gasteiger partial charge in [-0.05, 0) is 64.0 Å². The molecule has 3 rings (SSSR count). The van der Waals surface area contributed by atoms with Crippen LogP contribution in [0.1, 0.15) is 91.5 Å². The lowest BCUT2D eigenvalue weighted by atomic mass is 9.82. The number of carbonyl (C=O) groups is 1. The zero-order valence-electron chi connectivity index (χ0n) is 23.9. The Labute approximate surface area is 222 Å². The number of piperidine rings is 1. The summed E-state index contributed by atoms with van der Waals surface area (Å²) >= 11 is 0. The third-order valence-corrected chi connectivity index (χ3v) is 7.33. The van der Waals surface area contributed by atoms with Crippen molar-refractivity contribution >= 4 is 11.7 Å². The largest absolute Gasteiger partial charge is 0.492 e. The fourth-order valence-corrected chi connectivity index (χ4v) is 4.74. The summed E-state index contributed by atoms with van der Waals surface area (Å²) in [4.78, 5) is 24.2. The van der Waals surface area contributed by atoms with E-state index in [1.807, 2.05) is 46.0 Å². The van der Waals surface area contributed by atoms with Gasteiger partial charge >= 0.3 is 5.97 Å². The maximum Gasteiger partial charge on any atom is 0.337 e. The molecule has 2 aromatic rings. The van der Waals surface area contributed by atoms with Crippen molar-refractivity contribution in [1.29, 1.82) is 0 Å². The number of aryl methyl sites for hydroxylation is 1. The zero-order chi connectivity index (χ0) is 27.4. The molecule has 0 bridgehead atoms. The van der Waals surface area contributed by atoms with Gasteiger partial charge in [0.25, 0.3) is 0 Å². The smallest absolute Gasteiger partial charge is 0.337 e. The maximum absolute atomic E-state index is 12.5. The monoisotopic (exact) mass is 511 g/mol. The van der Waals surface area contributed by atoms with Crippen LogP contribution in [-0.4, -0.2) is 46.3 Å². The summed E-state index contributed by atoms with van der Waals surface area (Å²) in [5.41, 5.74) is 3.29. The van der Waals surface area contributed by atoms with Crippen LogP contribution >= 0.6 is 0 Å². The molecule has 0 radical (unpaired) electrons. The van der Waals surface area contributed by atoms with E-state index >= 15 is 0 Å². The average molecular weight is 512 g/mol. The van der Waals surface area contributed by atoms with Crippen molar-refractivity contribution in [2.45, 2.75) is 92.8 Å². The lowest BCUT2D eigenvalue weighted by Gasteiger charge is -2.40. The van der Waals surface area contributed by atoms with Crippen LogP contribution in [0.2, 0.25) is 0 Å². The minimum absolute atomic E-state index is 0.249. The van der Waals surface area contributed by atoms with Crippen LogP contribution < -0.4 is 9.64 Å². The van der Waals surface area contributed by atoms with Crippen LogP contribution in [0, 0.1) is 18.3 Å². The highest BCUT2D eigenvalue weighted by Crippen LogP contribution is 2.43. The van der Waals surface area contributed by atoms with E-state index < -0.39 is 17.7 Å². The Hall–Kier alpha value is -2.67. The number of aliphatic carboxylic acids is 1. The van der Waals surface area contributed by atoms with Gasteiger partial charge in [-0.2, -0.15) is 0 Å². The minimum Gasteiger partial charge on any atom is -0.492 e. The van der Waals surface area contributed by atoms with Crippen molar-refractivity contribution < 1.29 is 19.4 Å². The Morgan fingerprint density at radius 3 is 2.27 bits per heavy atom. The molecule has 37 heavy (non-hydrogen) atoms. The number of hydrogen-bond donors (Lipinski definition) is 1. The van der Waals surface area contributed by atoms with E-state index in [9.17, 15) is 9.90 Å². The molecule has 1 atom stereocenters. The Bertz CT molecular complexity index is 1050. The van der Waals surface area contributed by atoms with Gasteiger partial charge in [-0.1, -0.05) is 40.5 Å². The molecular formula is C30H45N3O4. The first-order valence-corrected chi connectivity index (χ1v) is 13.6. The number of nitrogens with zero attached hydrogens (tertiary/aromatic N) is 3. The third kappa shape index (κ3) is 7.44. The average Bonchev–Trinajstić information content (AvgIpc) is 2.83. The van der Waals surface area contributed by atoms with Gasteiger partial charge in [0, 0.05) is 36.1 Å². The van der Waals surface area contributed by atoms with Crippen molar-refractivity contribution in [1.82, 2.24) is 9.97 Å². The van der Waals surface area contributed by atoms with Gasteiger partial charge in [0.2, 0.25) is 0 Å². The van der Waals surface area contributed by atoms with Gasteiger partial charge in [0.15, 0.2) is 6.10 Å². The van der Waals surface area contributed by atoms with Crippen molar-refractivity contribution in [3.63, 3.8) is 0 Å². The first kappa shape index (κ1) is 28.9. The molecule has 204 valence electrons. The molecule has 0 saturated carbocycles. The van der Waals surface area contributed by atoms with Crippen molar-refractivity contribution in [2.24, 2.45) is 11.3 Å². The second-order valence-corrected chi connectivity index (χ2v) is 12.0. The van der Waals surface area contributed by atoms with Gasteiger partial charge < -0.3 is 19.5 Å². The molecule has 1 aliphatic heterocycles. The van der Waals surface area contributed by atoms with Crippen LogP contribution in [0.3, 0.4) is 0 Å². The molecule has 3 heterocycles. The van der Waals surface area contributed by atoms with E-state index in [4.69, 9.17) is 14.5 Å². The van der Waals surface area contributed by atoms with Crippen LogP contribution in [0.5, 0.6) is 5.75 Å². The molecular weight excluding hydrogens is 466 g/mol. The summed E-state index contributed by atoms with van der Waals surface area (Å²) in [6, 6.07) is 3.88. The van der Waals surface area contributed by atoms with Gasteiger partial charge in [-0.25, -0.2) is 4.79 Å². The summed E-state index contributed by atoms with van der Waals surface area (Å²) < 4.78 is 12.1. The van der Waals surface area contributed by atoms with E-state index in [-0.39, 0.29) is 5.41 Å². The van der Waals surface area contributed by atoms with E-state index in [1.54, 1.807) is 6.20 Å². The first-order valence-electron chi connectivity index (χ1n) is 13.6. The number of carboxylic acids is 1. The molecule has 2 aromatic heterocycles. The van der Waals surface area contributed by atoms with Crippen LogP contribution in [0.25, 0.3) is 11.3 Å². The van der Waals surface area contributed by atoms with Crippen molar-refractivity contribution in [3.05, 3.63) is 35.8 Å². The summed E-state index contributed by atoms with van der Waals surface area (Å²) in [5, 5.41) is 10.3. The van der Waals surface area contributed by atoms with Gasteiger partial charge in [0.05, 0.1) is 29.8 Å². The molecule has 0 amide bonds. The highest BCUT2D eigenvalue weighted by atomic mass is 16.5. The lowest BCUT2D eigenvalue weighted by Crippen LogP contribution is -2.39. The SMILES string of the molecule is CCC(CC)COc1ccc(-c2cnc(C)c([C@H](OC(C)(C)C)C(=O)O)c2N2CCC(C)(C)CC2)nc1. The molecule has 0 aliphatic carbocycles. The van der Waals surface area contributed by atoms with Gasteiger partial charge in [-0.3, -0.25) is 9.97 Å². The van der Waals surface area contributed by atoms with E-state index in [1.165, 1.54) is 0 Å². The molecule has 1 fully saturated rings. The van der Waals surface area contributed by atoms with Crippen LogP contribution in [-0.2, 0) is 9.53 Å². The highest BCUT2D eigenvalue weighted by molar-refractivity contribution is 5.85. The number of ether oxygens (including phenoxy) is 2. The number of rotatable bonds is 10. The molecule has 0 aromatic carbocycles. The number of aromatic nitrogens is 2. The number of pyridine rings is 2. The molecule has 1 saturated heterocycles. The van der Waals surface area contributed by atoms with E-state index in [0.717, 1.165) is 61.5 Å². The van der Waals surface area contributed by atoms with Gasteiger partial charge in [0.1, 0.15) is 5.75 Å². The highest BCUT2D eigenvalue weighted by Gasteiger charge is 2.36. The normalized spacial score (nSPS) is 16.6. The zero-order valence-corrected chi connectivity index (χ0v) is 23.9. The predicted molar refractivity (Wildman–Crippen MR) is 148 cm³/mol. The van der Waals surface area contributed by atoms with Crippen LogP contribution in [0.4, 0.5) is 5.69 Å². The molecule has 1 N–H and O–H groups in total. The third-order valence-electron chi connectivity index (χ3n) is 7.33. The molecule has 0 spiro atoms. The summed E-state index contributed by atoms with van der Waals surface area (Å²) in [6.45, 7) is 18.7. The Kier molecular flexibility index (Phi) is 9.22. The second-order valence-electron chi connectivity index (χ2n) is 12.0. The first-order chi connectivity index (χ1) is 17.3. The summed E-state index contributed by atoms with van der Waals surface area (Å²) in [7, 11) is 0. The van der Waals surface area contributed by atoms with E-state index in [2.05, 4.69) is 37.6 Å².